The molecule has 2 saturated carbocycles. The lowest BCUT2D eigenvalue weighted by Gasteiger charge is -2.31. The van der Waals surface area contributed by atoms with Gasteiger partial charge in [0.25, 0.3) is 0 Å². The van der Waals surface area contributed by atoms with Crippen LogP contribution < -0.4 is 5.32 Å². The monoisotopic (exact) mass is 266 g/mol. The molecule has 102 valence electrons. The topological polar surface area (TPSA) is 15.3 Å². The van der Waals surface area contributed by atoms with Gasteiger partial charge in [0.05, 0.1) is 0 Å². The molecule has 2 heterocycles. The largest absolute Gasteiger partial charge is 0.360 e. The van der Waals surface area contributed by atoms with Crippen LogP contribution in [0.3, 0.4) is 0 Å². The van der Waals surface area contributed by atoms with Gasteiger partial charge < -0.3 is 10.2 Å². The van der Waals surface area contributed by atoms with Crippen molar-refractivity contribution >= 4 is 17.3 Å². The molecule has 0 amide bonds. The van der Waals surface area contributed by atoms with Crippen molar-refractivity contribution in [3.63, 3.8) is 0 Å². The second kappa shape index (κ2) is 5.77. The van der Waals surface area contributed by atoms with Gasteiger partial charge in [0.2, 0.25) is 0 Å². The van der Waals surface area contributed by atoms with E-state index in [1.54, 1.807) is 0 Å². The molecule has 4 fully saturated rings. The van der Waals surface area contributed by atoms with Crippen LogP contribution in [0.1, 0.15) is 57.8 Å². The third kappa shape index (κ3) is 2.98. The van der Waals surface area contributed by atoms with Gasteiger partial charge in [-0.15, -0.1) is 0 Å². The Morgan fingerprint density at radius 3 is 1.94 bits per heavy atom. The lowest BCUT2D eigenvalue weighted by Crippen LogP contribution is -2.46. The summed E-state index contributed by atoms with van der Waals surface area (Å²) in [6, 6.07) is 0.659. The van der Waals surface area contributed by atoms with E-state index in [0.29, 0.717) is 6.04 Å². The molecular weight excluding hydrogens is 240 g/mol. The fraction of sp³-hybridized carbons (Fsp3) is 0.933. The van der Waals surface area contributed by atoms with Gasteiger partial charge in [-0.3, -0.25) is 0 Å². The Morgan fingerprint density at radius 1 is 0.833 bits per heavy atom. The molecule has 2 aliphatic heterocycles. The number of thiocarbonyl (C=S) groups is 1. The highest BCUT2D eigenvalue weighted by Gasteiger charge is 2.30. The maximum Gasteiger partial charge on any atom is 0.169 e. The van der Waals surface area contributed by atoms with E-state index in [4.69, 9.17) is 12.2 Å². The number of nitrogens with one attached hydrogen (secondary N) is 1. The zero-order chi connectivity index (χ0) is 12.4. The highest BCUT2D eigenvalue weighted by Crippen LogP contribution is 2.33. The molecule has 18 heavy (non-hydrogen) atoms. The summed E-state index contributed by atoms with van der Waals surface area (Å²) in [7, 11) is 0. The van der Waals surface area contributed by atoms with Crippen molar-refractivity contribution in [2.45, 2.75) is 63.8 Å². The molecule has 0 atom stereocenters. The predicted octanol–water partition coefficient (Wildman–Crippen LogP) is 3.32. The van der Waals surface area contributed by atoms with Crippen LogP contribution in [0.15, 0.2) is 0 Å². The summed E-state index contributed by atoms with van der Waals surface area (Å²) in [6.07, 6.45) is 12.6. The smallest absolute Gasteiger partial charge is 0.169 e. The maximum absolute atomic E-state index is 5.66. The molecule has 1 N–H and O–H groups in total. The minimum atomic E-state index is 0.659. The first-order valence-electron chi connectivity index (χ1n) is 7.86. The number of nitrogens with zero attached hydrogens (tertiary/aromatic N) is 1. The molecule has 0 aromatic rings. The highest BCUT2D eigenvalue weighted by molar-refractivity contribution is 7.80. The van der Waals surface area contributed by atoms with Crippen molar-refractivity contribution in [3.05, 3.63) is 0 Å². The van der Waals surface area contributed by atoms with Gasteiger partial charge in [-0.25, -0.2) is 0 Å². The standard InChI is InChI=1S/C15H26N2S/c18-15(16-14-4-2-1-3-5-14)17-10-12-6-7-13(11-17)9-8-12/h12-14H,1-11H2,(H,16,18). The Kier molecular flexibility index (Phi) is 4.07. The zero-order valence-electron chi connectivity index (χ0n) is 11.4. The third-order valence-electron chi connectivity index (χ3n) is 5.14. The van der Waals surface area contributed by atoms with Crippen LogP contribution >= 0.6 is 12.2 Å². The number of rotatable bonds is 1. The number of hydrogen-bond donors (Lipinski definition) is 1. The van der Waals surface area contributed by atoms with E-state index in [1.807, 2.05) is 0 Å². The number of fused-ring (bicyclic) bond motifs is 4. The molecule has 2 aliphatic carbocycles. The maximum atomic E-state index is 5.66. The van der Waals surface area contributed by atoms with Crippen molar-refractivity contribution in [2.24, 2.45) is 11.8 Å². The first-order valence-corrected chi connectivity index (χ1v) is 8.27. The molecule has 4 rings (SSSR count). The van der Waals surface area contributed by atoms with E-state index in [9.17, 15) is 0 Å². The fourth-order valence-corrected chi connectivity index (χ4v) is 4.29. The van der Waals surface area contributed by atoms with E-state index in [1.165, 1.54) is 70.9 Å². The van der Waals surface area contributed by atoms with Crippen molar-refractivity contribution in [2.75, 3.05) is 13.1 Å². The molecule has 0 aromatic heterocycles. The lowest BCUT2D eigenvalue weighted by atomic mass is 9.84. The van der Waals surface area contributed by atoms with Gasteiger partial charge in [-0.2, -0.15) is 0 Å². The van der Waals surface area contributed by atoms with Crippen LogP contribution in [-0.2, 0) is 0 Å². The lowest BCUT2D eigenvalue weighted by molar-refractivity contribution is 0.326. The van der Waals surface area contributed by atoms with Crippen LogP contribution in [0, 0.1) is 11.8 Å². The van der Waals surface area contributed by atoms with Gasteiger partial charge in [0, 0.05) is 19.1 Å². The summed E-state index contributed by atoms with van der Waals surface area (Å²) >= 11 is 5.66. The van der Waals surface area contributed by atoms with E-state index < -0.39 is 0 Å². The summed E-state index contributed by atoms with van der Waals surface area (Å²) in [4.78, 5) is 2.49. The summed E-state index contributed by atoms with van der Waals surface area (Å²) < 4.78 is 0. The Labute approximate surface area is 116 Å². The summed E-state index contributed by atoms with van der Waals surface area (Å²) in [5, 5.41) is 4.70. The Hall–Kier alpha value is -0.310. The molecule has 4 aliphatic rings. The normalized spacial score (nSPS) is 33.2. The molecule has 0 radical (unpaired) electrons. The van der Waals surface area contributed by atoms with Crippen molar-refractivity contribution in [1.29, 1.82) is 0 Å². The van der Waals surface area contributed by atoms with Gasteiger partial charge in [0.15, 0.2) is 5.11 Å². The van der Waals surface area contributed by atoms with Gasteiger partial charge in [-0.1, -0.05) is 19.3 Å². The summed E-state index contributed by atoms with van der Waals surface area (Å²) in [6.45, 7) is 2.43. The minimum absolute atomic E-state index is 0.659. The Balaban J connectivity index is 1.55. The van der Waals surface area contributed by atoms with Crippen LogP contribution in [0.25, 0.3) is 0 Å². The van der Waals surface area contributed by atoms with E-state index in [2.05, 4.69) is 10.2 Å². The second-order valence-corrected chi connectivity index (χ2v) is 6.96. The Morgan fingerprint density at radius 2 is 1.39 bits per heavy atom. The average Bonchev–Trinajstić information content (AvgIpc) is 2.73. The van der Waals surface area contributed by atoms with E-state index in [0.717, 1.165) is 16.9 Å². The second-order valence-electron chi connectivity index (χ2n) is 6.58. The predicted molar refractivity (Wildman–Crippen MR) is 79.6 cm³/mol. The Bertz CT molecular complexity index is 277. The quantitative estimate of drug-likeness (QED) is 0.733. The highest BCUT2D eigenvalue weighted by atomic mass is 32.1. The number of hydrogen-bond acceptors (Lipinski definition) is 1. The minimum Gasteiger partial charge on any atom is -0.360 e. The van der Waals surface area contributed by atoms with Crippen LogP contribution in [0.5, 0.6) is 0 Å². The molecule has 0 spiro atoms. The van der Waals surface area contributed by atoms with E-state index in [-0.39, 0.29) is 0 Å². The molecule has 3 heteroatoms. The van der Waals surface area contributed by atoms with Gasteiger partial charge >= 0.3 is 0 Å². The van der Waals surface area contributed by atoms with Gasteiger partial charge in [-0.05, 0) is 62.6 Å². The van der Waals surface area contributed by atoms with Crippen LogP contribution in [0.4, 0.5) is 0 Å². The van der Waals surface area contributed by atoms with Crippen molar-refractivity contribution < 1.29 is 0 Å². The molecule has 2 bridgehead atoms. The SMILES string of the molecule is S=C(NC1CCCCC1)N1CC2CCC(CC2)C1. The molecule has 2 saturated heterocycles. The first-order chi connectivity index (χ1) is 8.81. The third-order valence-corrected chi connectivity index (χ3v) is 5.52. The van der Waals surface area contributed by atoms with E-state index >= 15 is 0 Å². The molecule has 0 unspecified atom stereocenters. The van der Waals surface area contributed by atoms with Gasteiger partial charge in [0.1, 0.15) is 0 Å². The van der Waals surface area contributed by atoms with Crippen LogP contribution in [-0.4, -0.2) is 29.1 Å². The summed E-state index contributed by atoms with van der Waals surface area (Å²) in [5.74, 6) is 1.82. The molecular formula is C15H26N2S. The average molecular weight is 266 g/mol. The summed E-state index contributed by atoms with van der Waals surface area (Å²) in [5.41, 5.74) is 0. The molecule has 0 aromatic carbocycles. The van der Waals surface area contributed by atoms with Crippen molar-refractivity contribution in [3.8, 4) is 0 Å². The zero-order valence-corrected chi connectivity index (χ0v) is 12.2. The fourth-order valence-electron chi connectivity index (χ4n) is 3.97. The van der Waals surface area contributed by atoms with Crippen LogP contribution in [0.2, 0.25) is 0 Å². The van der Waals surface area contributed by atoms with Crippen molar-refractivity contribution in [1.82, 2.24) is 10.2 Å². The molecule has 2 nitrogen and oxygen atoms in total. The first kappa shape index (κ1) is 12.7.